The molecule has 1 aromatic carbocycles. The summed E-state index contributed by atoms with van der Waals surface area (Å²) in [6.45, 7) is 2.32. The Kier molecular flexibility index (Phi) is 3.64. The Balaban J connectivity index is 1.94. The van der Waals surface area contributed by atoms with Gasteiger partial charge in [0, 0.05) is 13.1 Å². The highest BCUT2D eigenvalue weighted by Gasteiger charge is 2.25. The average Bonchev–Trinajstić information content (AvgIpc) is 2.32. The van der Waals surface area contributed by atoms with E-state index in [1.165, 1.54) is 0 Å². The van der Waals surface area contributed by atoms with Crippen LogP contribution in [0.25, 0.3) is 0 Å². The zero-order valence-corrected chi connectivity index (χ0v) is 9.67. The van der Waals surface area contributed by atoms with Crippen LogP contribution in [0.2, 0.25) is 0 Å². The van der Waals surface area contributed by atoms with E-state index in [2.05, 4.69) is 4.90 Å². The average molecular weight is 235 g/mol. The van der Waals surface area contributed by atoms with Gasteiger partial charge in [-0.05, 0) is 37.1 Å². The van der Waals surface area contributed by atoms with Crippen molar-refractivity contribution in [2.24, 2.45) is 5.92 Å². The van der Waals surface area contributed by atoms with Crippen molar-refractivity contribution in [1.29, 1.82) is 0 Å². The number of aromatic hydroxyl groups is 1. The third-order valence-electron chi connectivity index (χ3n) is 3.20. The molecule has 1 aliphatic rings. The summed E-state index contributed by atoms with van der Waals surface area (Å²) in [5, 5.41) is 18.2. The second kappa shape index (κ2) is 5.19. The minimum Gasteiger partial charge on any atom is -0.508 e. The van der Waals surface area contributed by atoms with Crippen LogP contribution in [0.5, 0.6) is 5.75 Å². The van der Waals surface area contributed by atoms with Gasteiger partial charge in [-0.3, -0.25) is 9.69 Å². The van der Waals surface area contributed by atoms with Crippen molar-refractivity contribution in [3.63, 3.8) is 0 Å². The molecular formula is C13H17NO3. The highest BCUT2D eigenvalue weighted by atomic mass is 16.4. The summed E-state index contributed by atoms with van der Waals surface area (Å²) in [6.07, 6.45) is 1.72. The van der Waals surface area contributed by atoms with Crippen LogP contribution in [-0.2, 0) is 11.3 Å². The molecule has 1 heterocycles. The lowest BCUT2D eigenvalue weighted by atomic mass is 9.98. The van der Waals surface area contributed by atoms with Crippen molar-refractivity contribution in [2.45, 2.75) is 19.4 Å². The third-order valence-corrected chi connectivity index (χ3v) is 3.20. The molecule has 1 aromatic rings. The molecule has 0 saturated carbocycles. The first-order chi connectivity index (χ1) is 8.15. The van der Waals surface area contributed by atoms with Crippen molar-refractivity contribution >= 4 is 5.97 Å². The molecule has 0 bridgehead atoms. The van der Waals surface area contributed by atoms with E-state index in [1.54, 1.807) is 12.1 Å². The molecule has 2 rings (SSSR count). The van der Waals surface area contributed by atoms with Gasteiger partial charge in [0.2, 0.25) is 0 Å². The number of likely N-dealkylation sites (tertiary alicyclic amines) is 1. The van der Waals surface area contributed by atoms with Crippen LogP contribution in [0.1, 0.15) is 18.4 Å². The predicted molar refractivity (Wildman–Crippen MR) is 63.7 cm³/mol. The Labute approximate surface area is 100 Å². The maximum Gasteiger partial charge on any atom is 0.307 e. The van der Waals surface area contributed by atoms with Crippen molar-refractivity contribution in [3.8, 4) is 5.75 Å². The van der Waals surface area contributed by atoms with Crippen LogP contribution in [0, 0.1) is 5.92 Å². The van der Waals surface area contributed by atoms with Gasteiger partial charge < -0.3 is 10.2 Å². The molecule has 2 N–H and O–H groups in total. The molecular weight excluding hydrogens is 218 g/mol. The standard InChI is InChI=1S/C13H17NO3/c15-12-5-3-10(4-6-12)8-14-7-1-2-11(9-14)13(16)17/h3-6,11,15H,1-2,7-9H2,(H,16,17). The fourth-order valence-electron chi connectivity index (χ4n) is 2.26. The van der Waals surface area contributed by atoms with Gasteiger partial charge in [-0.1, -0.05) is 12.1 Å². The highest BCUT2D eigenvalue weighted by molar-refractivity contribution is 5.70. The van der Waals surface area contributed by atoms with Crippen LogP contribution in [0.3, 0.4) is 0 Å². The maximum atomic E-state index is 10.9. The lowest BCUT2D eigenvalue weighted by Crippen LogP contribution is -2.38. The Morgan fingerprint density at radius 2 is 2.06 bits per heavy atom. The Morgan fingerprint density at radius 3 is 2.71 bits per heavy atom. The second-order valence-corrected chi connectivity index (χ2v) is 4.58. The summed E-state index contributed by atoms with van der Waals surface area (Å²) in [4.78, 5) is 13.1. The molecule has 1 atom stereocenters. The Morgan fingerprint density at radius 1 is 1.35 bits per heavy atom. The summed E-state index contributed by atoms with van der Waals surface area (Å²) >= 11 is 0. The molecule has 17 heavy (non-hydrogen) atoms. The second-order valence-electron chi connectivity index (χ2n) is 4.58. The molecule has 0 amide bonds. The van der Waals surface area contributed by atoms with E-state index < -0.39 is 5.97 Å². The van der Waals surface area contributed by atoms with Gasteiger partial charge in [-0.15, -0.1) is 0 Å². The normalized spacial score (nSPS) is 21.3. The zero-order valence-electron chi connectivity index (χ0n) is 9.67. The molecule has 0 radical (unpaired) electrons. The van der Waals surface area contributed by atoms with Crippen LogP contribution < -0.4 is 0 Å². The summed E-state index contributed by atoms with van der Waals surface area (Å²) in [7, 11) is 0. The number of carbonyl (C=O) groups is 1. The topological polar surface area (TPSA) is 60.8 Å². The number of phenols is 1. The summed E-state index contributed by atoms with van der Waals surface area (Å²) < 4.78 is 0. The van der Waals surface area contributed by atoms with Gasteiger partial charge >= 0.3 is 5.97 Å². The molecule has 0 spiro atoms. The van der Waals surface area contributed by atoms with Gasteiger partial charge in [0.25, 0.3) is 0 Å². The largest absolute Gasteiger partial charge is 0.508 e. The van der Waals surface area contributed by atoms with E-state index in [1.807, 2.05) is 12.1 Å². The molecule has 92 valence electrons. The number of hydrogen-bond donors (Lipinski definition) is 2. The maximum absolute atomic E-state index is 10.9. The van der Waals surface area contributed by atoms with Crippen LogP contribution >= 0.6 is 0 Å². The molecule has 4 nitrogen and oxygen atoms in total. The van der Waals surface area contributed by atoms with E-state index in [-0.39, 0.29) is 11.7 Å². The first-order valence-corrected chi connectivity index (χ1v) is 5.88. The number of nitrogens with zero attached hydrogens (tertiary/aromatic N) is 1. The van der Waals surface area contributed by atoms with Gasteiger partial charge in [0.15, 0.2) is 0 Å². The Bertz CT molecular complexity index is 388. The van der Waals surface area contributed by atoms with Crippen molar-refractivity contribution in [2.75, 3.05) is 13.1 Å². The third kappa shape index (κ3) is 3.20. The molecule has 1 fully saturated rings. The SMILES string of the molecule is O=C(O)C1CCCN(Cc2ccc(O)cc2)C1. The highest BCUT2D eigenvalue weighted by Crippen LogP contribution is 2.19. The van der Waals surface area contributed by atoms with Crippen LogP contribution in [-0.4, -0.2) is 34.2 Å². The minimum atomic E-state index is -0.694. The van der Waals surface area contributed by atoms with Crippen LogP contribution in [0.15, 0.2) is 24.3 Å². The number of piperidine rings is 1. The Hall–Kier alpha value is -1.55. The molecule has 0 aliphatic carbocycles. The molecule has 1 aliphatic heterocycles. The summed E-state index contributed by atoms with van der Waals surface area (Å²) in [5.41, 5.74) is 1.11. The van der Waals surface area contributed by atoms with Gasteiger partial charge in [0.05, 0.1) is 5.92 Å². The predicted octanol–water partition coefficient (Wildman–Crippen LogP) is 1.69. The smallest absolute Gasteiger partial charge is 0.307 e. The van der Waals surface area contributed by atoms with E-state index in [9.17, 15) is 9.90 Å². The number of hydrogen-bond acceptors (Lipinski definition) is 3. The molecule has 1 unspecified atom stereocenters. The van der Waals surface area contributed by atoms with Gasteiger partial charge in [0.1, 0.15) is 5.75 Å². The lowest BCUT2D eigenvalue weighted by Gasteiger charge is -2.30. The number of aliphatic carboxylic acids is 1. The van der Waals surface area contributed by atoms with E-state index in [4.69, 9.17) is 5.11 Å². The zero-order chi connectivity index (χ0) is 12.3. The van der Waals surface area contributed by atoms with Gasteiger partial charge in [-0.2, -0.15) is 0 Å². The number of benzene rings is 1. The van der Waals surface area contributed by atoms with Gasteiger partial charge in [-0.25, -0.2) is 0 Å². The number of carboxylic acid groups (broad SMARTS) is 1. The van der Waals surface area contributed by atoms with Crippen molar-refractivity contribution in [3.05, 3.63) is 29.8 Å². The summed E-state index contributed by atoms with van der Waals surface area (Å²) in [5.74, 6) is -0.669. The quantitative estimate of drug-likeness (QED) is 0.837. The van der Waals surface area contributed by atoms with Crippen molar-refractivity contribution in [1.82, 2.24) is 4.90 Å². The fraction of sp³-hybridized carbons (Fsp3) is 0.462. The van der Waals surface area contributed by atoms with E-state index in [0.717, 1.165) is 31.5 Å². The first kappa shape index (κ1) is 11.9. The first-order valence-electron chi connectivity index (χ1n) is 5.88. The number of rotatable bonds is 3. The van der Waals surface area contributed by atoms with Crippen molar-refractivity contribution < 1.29 is 15.0 Å². The molecule has 1 saturated heterocycles. The molecule has 4 heteroatoms. The fourth-order valence-corrected chi connectivity index (χ4v) is 2.26. The monoisotopic (exact) mass is 235 g/mol. The lowest BCUT2D eigenvalue weighted by molar-refractivity contribution is -0.143. The number of carboxylic acids is 1. The van der Waals surface area contributed by atoms with E-state index in [0.29, 0.717) is 6.54 Å². The molecule has 0 aromatic heterocycles. The van der Waals surface area contributed by atoms with Crippen LogP contribution in [0.4, 0.5) is 0 Å². The van der Waals surface area contributed by atoms with E-state index >= 15 is 0 Å². The minimum absolute atomic E-state index is 0.235. The summed E-state index contributed by atoms with van der Waals surface area (Å²) in [6, 6.07) is 7.07. The number of phenolic OH excluding ortho intramolecular Hbond substituents is 1.